The molecular formula is C15H20BrN3O. The first-order chi connectivity index (χ1) is 9.64. The molecule has 1 aliphatic carbocycles. The maximum atomic E-state index is 12.3. The number of nitrogens with one attached hydrogen (secondary N) is 1. The second kappa shape index (κ2) is 5.47. The monoisotopic (exact) mass is 337 g/mol. The molecule has 108 valence electrons. The van der Waals surface area contributed by atoms with Gasteiger partial charge in [-0.05, 0) is 49.1 Å². The minimum atomic E-state index is -0.609. The summed E-state index contributed by atoms with van der Waals surface area (Å²) in [5, 5.41) is 3.39. The van der Waals surface area contributed by atoms with Gasteiger partial charge in [-0.25, -0.2) is 0 Å². The summed E-state index contributed by atoms with van der Waals surface area (Å²) in [6.45, 7) is 3.73. The van der Waals surface area contributed by atoms with Crippen LogP contribution in [0.1, 0.15) is 24.0 Å². The van der Waals surface area contributed by atoms with Gasteiger partial charge in [0.1, 0.15) is 5.54 Å². The Labute approximate surface area is 127 Å². The molecule has 1 aromatic carbocycles. The van der Waals surface area contributed by atoms with Crippen molar-refractivity contribution in [1.29, 1.82) is 0 Å². The maximum absolute atomic E-state index is 12.3. The minimum absolute atomic E-state index is 0.208. The summed E-state index contributed by atoms with van der Waals surface area (Å²) in [5.41, 5.74) is 7.60. The van der Waals surface area contributed by atoms with Crippen LogP contribution in [0.25, 0.3) is 0 Å². The number of nitrogens with two attached hydrogens (primary N) is 1. The SMILES string of the molecule is NC(=O)C1(N2CCCNCC2)CCc2cc(Br)ccc21. The lowest BCUT2D eigenvalue weighted by Gasteiger charge is -2.39. The molecule has 0 spiro atoms. The predicted molar refractivity (Wildman–Crippen MR) is 82.4 cm³/mol. The second-order valence-electron chi connectivity index (χ2n) is 5.62. The van der Waals surface area contributed by atoms with E-state index >= 15 is 0 Å². The zero-order valence-corrected chi connectivity index (χ0v) is 13.1. The third-order valence-electron chi connectivity index (χ3n) is 4.56. The van der Waals surface area contributed by atoms with Crippen LogP contribution in [0.5, 0.6) is 0 Å². The highest BCUT2D eigenvalue weighted by molar-refractivity contribution is 9.10. The molecule has 1 atom stereocenters. The molecule has 1 amide bonds. The fraction of sp³-hybridized carbons (Fsp3) is 0.533. The zero-order valence-electron chi connectivity index (χ0n) is 11.5. The fourth-order valence-corrected chi connectivity index (χ4v) is 4.00. The van der Waals surface area contributed by atoms with E-state index in [4.69, 9.17) is 5.73 Å². The summed E-state index contributed by atoms with van der Waals surface area (Å²) in [4.78, 5) is 14.6. The molecule has 0 saturated carbocycles. The van der Waals surface area contributed by atoms with Crippen LogP contribution in [-0.2, 0) is 16.8 Å². The molecule has 2 aliphatic rings. The third kappa shape index (κ3) is 2.18. The molecule has 3 N–H and O–H groups in total. The van der Waals surface area contributed by atoms with Crippen LogP contribution in [0.2, 0.25) is 0 Å². The van der Waals surface area contributed by atoms with Gasteiger partial charge in [0.2, 0.25) is 5.91 Å². The van der Waals surface area contributed by atoms with Crippen molar-refractivity contribution in [2.75, 3.05) is 26.2 Å². The Morgan fingerprint density at radius 1 is 1.35 bits per heavy atom. The van der Waals surface area contributed by atoms with E-state index in [0.29, 0.717) is 0 Å². The van der Waals surface area contributed by atoms with Crippen LogP contribution < -0.4 is 11.1 Å². The number of carbonyl (C=O) groups excluding carboxylic acids is 1. The fourth-order valence-electron chi connectivity index (χ4n) is 3.59. The lowest BCUT2D eigenvalue weighted by atomic mass is 9.88. The summed E-state index contributed by atoms with van der Waals surface area (Å²) in [6.07, 6.45) is 2.77. The lowest BCUT2D eigenvalue weighted by Crippen LogP contribution is -2.54. The standard InChI is InChI=1S/C15H20BrN3O/c16-12-2-3-13-11(10-12)4-5-15(13,14(17)20)19-8-1-6-18-7-9-19/h2-3,10,18H,1,4-9H2,(H2,17,20). The Balaban J connectivity index is 2.04. The average Bonchev–Trinajstić information content (AvgIpc) is 2.61. The topological polar surface area (TPSA) is 58.4 Å². The number of fused-ring (bicyclic) bond motifs is 1. The van der Waals surface area contributed by atoms with Crippen LogP contribution in [0.15, 0.2) is 22.7 Å². The van der Waals surface area contributed by atoms with Crippen molar-refractivity contribution in [2.45, 2.75) is 24.8 Å². The molecule has 5 heteroatoms. The number of hydrogen-bond acceptors (Lipinski definition) is 3. The predicted octanol–water partition coefficient (Wildman–Crippen LogP) is 1.37. The molecule has 1 saturated heterocycles. The van der Waals surface area contributed by atoms with Crippen molar-refractivity contribution < 1.29 is 4.79 Å². The van der Waals surface area contributed by atoms with E-state index in [0.717, 1.165) is 55.5 Å². The molecule has 20 heavy (non-hydrogen) atoms. The van der Waals surface area contributed by atoms with Gasteiger partial charge in [0, 0.05) is 24.1 Å². The summed E-state index contributed by atoms with van der Waals surface area (Å²) in [6, 6.07) is 6.20. The molecular weight excluding hydrogens is 318 g/mol. The number of benzene rings is 1. The number of carbonyl (C=O) groups is 1. The van der Waals surface area contributed by atoms with Gasteiger partial charge in [0.15, 0.2) is 0 Å². The normalized spacial score (nSPS) is 27.1. The number of amides is 1. The number of halogens is 1. The Morgan fingerprint density at radius 2 is 2.20 bits per heavy atom. The first-order valence-corrected chi connectivity index (χ1v) is 7.98. The van der Waals surface area contributed by atoms with Crippen LogP contribution in [0.4, 0.5) is 0 Å². The quantitative estimate of drug-likeness (QED) is 0.856. The van der Waals surface area contributed by atoms with Crippen LogP contribution in [-0.4, -0.2) is 37.0 Å². The number of rotatable bonds is 2. The molecule has 0 radical (unpaired) electrons. The smallest absolute Gasteiger partial charge is 0.242 e. The number of hydrogen-bond donors (Lipinski definition) is 2. The Kier molecular flexibility index (Phi) is 3.84. The molecule has 1 aliphatic heterocycles. The van der Waals surface area contributed by atoms with Crippen LogP contribution in [0, 0.1) is 0 Å². The summed E-state index contributed by atoms with van der Waals surface area (Å²) in [7, 11) is 0. The zero-order chi connectivity index (χ0) is 14.2. The van der Waals surface area contributed by atoms with Crippen molar-refractivity contribution in [1.82, 2.24) is 10.2 Å². The van der Waals surface area contributed by atoms with Gasteiger partial charge in [0.05, 0.1) is 0 Å². The maximum Gasteiger partial charge on any atom is 0.242 e. The van der Waals surface area contributed by atoms with Gasteiger partial charge in [-0.1, -0.05) is 22.0 Å². The Hall–Kier alpha value is -0.910. The van der Waals surface area contributed by atoms with Crippen molar-refractivity contribution in [3.8, 4) is 0 Å². The van der Waals surface area contributed by atoms with E-state index in [-0.39, 0.29) is 5.91 Å². The van der Waals surface area contributed by atoms with E-state index < -0.39 is 5.54 Å². The average molecular weight is 338 g/mol. The number of aryl methyl sites for hydroxylation is 1. The highest BCUT2D eigenvalue weighted by atomic mass is 79.9. The summed E-state index contributed by atoms with van der Waals surface area (Å²) in [5.74, 6) is -0.208. The van der Waals surface area contributed by atoms with Gasteiger partial charge < -0.3 is 11.1 Å². The molecule has 1 unspecified atom stereocenters. The summed E-state index contributed by atoms with van der Waals surface area (Å²) >= 11 is 3.51. The van der Waals surface area contributed by atoms with Crippen molar-refractivity contribution >= 4 is 21.8 Å². The van der Waals surface area contributed by atoms with Crippen molar-refractivity contribution in [2.24, 2.45) is 5.73 Å². The van der Waals surface area contributed by atoms with E-state index in [1.54, 1.807) is 0 Å². The second-order valence-corrected chi connectivity index (χ2v) is 6.53. The van der Waals surface area contributed by atoms with Gasteiger partial charge in [0.25, 0.3) is 0 Å². The third-order valence-corrected chi connectivity index (χ3v) is 5.05. The van der Waals surface area contributed by atoms with Crippen molar-refractivity contribution in [3.05, 3.63) is 33.8 Å². The molecule has 1 heterocycles. The first-order valence-electron chi connectivity index (χ1n) is 7.19. The minimum Gasteiger partial charge on any atom is -0.368 e. The van der Waals surface area contributed by atoms with E-state index in [1.165, 1.54) is 5.56 Å². The van der Waals surface area contributed by atoms with Gasteiger partial charge in [-0.15, -0.1) is 0 Å². The van der Waals surface area contributed by atoms with Gasteiger partial charge >= 0.3 is 0 Å². The molecule has 3 rings (SSSR count). The van der Waals surface area contributed by atoms with E-state index in [1.807, 2.05) is 6.07 Å². The van der Waals surface area contributed by atoms with Gasteiger partial charge in [-0.2, -0.15) is 0 Å². The van der Waals surface area contributed by atoms with Crippen LogP contribution in [0.3, 0.4) is 0 Å². The number of nitrogens with zero attached hydrogens (tertiary/aromatic N) is 1. The van der Waals surface area contributed by atoms with Crippen LogP contribution >= 0.6 is 15.9 Å². The molecule has 1 aromatic rings. The summed E-state index contributed by atoms with van der Waals surface area (Å²) < 4.78 is 1.06. The molecule has 4 nitrogen and oxygen atoms in total. The van der Waals surface area contributed by atoms with Crippen molar-refractivity contribution in [3.63, 3.8) is 0 Å². The van der Waals surface area contributed by atoms with Gasteiger partial charge in [-0.3, -0.25) is 9.69 Å². The highest BCUT2D eigenvalue weighted by Crippen LogP contribution is 2.42. The molecule has 1 fully saturated rings. The van der Waals surface area contributed by atoms with E-state index in [9.17, 15) is 4.79 Å². The van der Waals surface area contributed by atoms with E-state index in [2.05, 4.69) is 38.3 Å². The Morgan fingerprint density at radius 3 is 3.00 bits per heavy atom. The Bertz CT molecular complexity index is 526. The number of primary amides is 1. The molecule has 0 bridgehead atoms. The largest absolute Gasteiger partial charge is 0.368 e. The first kappa shape index (κ1) is 14.0. The molecule has 0 aromatic heterocycles. The lowest BCUT2D eigenvalue weighted by molar-refractivity contribution is -0.131. The highest BCUT2D eigenvalue weighted by Gasteiger charge is 2.48.